The number of nitro groups is 1. The van der Waals surface area contributed by atoms with Crippen molar-refractivity contribution in [3.63, 3.8) is 0 Å². The maximum Gasteiger partial charge on any atom is 0.293 e. The van der Waals surface area contributed by atoms with Crippen molar-refractivity contribution in [2.24, 2.45) is 5.92 Å². The minimum Gasteiger partial charge on any atom is -0.379 e. The van der Waals surface area contributed by atoms with Gasteiger partial charge in [0.25, 0.3) is 5.69 Å². The van der Waals surface area contributed by atoms with E-state index in [1.807, 2.05) is 24.8 Å². The molecule has 1 N–H and O–H groups in total. The molecule has 2 heterocycles. The van der Waals surface area contributed by atoms with Crippen molar-refractivity contribution in [2.75, 3.05) is 23.4 Å². The van der Waals surface area contributed by atoms with Crippen LogP contribution in [0.2, 0.25) is 0 Å². The molecule has 0 radical (unpaired) electrons. The fraction of sp³-hybridized carbons (Fsp3) is 0.500. The van der Waals surface area contributed by atoms with Crippen molar-refractivity contribution < 1.29 is 4.92 Å². The molecular weight excluding hydrogens is 306 g/mol. The predicted molar refractivity (Wildman–Crippen MR) is 89.6 cm³/mol. The first kappa shape index (κ1) is 14.6. The van der Waals surface area contributed by atoms with Crippen LogP contribution in [0.15, 0.2) is 12.1 Å². The van der Waals surface area contributed by atoms with Gasteiger partial charge < -0.3 is 5.32 Å². The first-order chi connectivity index (χ1) is 10.1. The second-order valence-electron chi connectivity index (χ2n) is 5.26. The van der Waals surface area contributed by atoms with Gasteiger partial charge in [-0.05, 0) is 43.3 Å². The van der Waals surface area contributed by atoms with Gasteiger partial charge in [0.2, 0.25) is 0 Å². The summed E-state index contributed by atoms with van der Waals surface area (Å²) in [4.78, 5) is 15.4. The van der Waals surface area contributed by atoms with Crippen LogP contribution in [0.25, 0.3) is 10.2 Å². The number of rotatable bonds is 4. The normalized spacial score (nSPS) is 16.2. The standard InChI is InChI=1S/C14H17N3O2S2/c1-9-16-12-6-11(13(17(18)19)7-14(12)21-9)15-8-10-2-4-20-5-3-10/h6-7,10,15H,2-5,8H2,1H3. The number of nitrogens with zero attached hydrogens (tertiary/aromatic N) is 2. The second-order valence-corrected chi connectivity index (χ2v) is 7.72. The van der Waals surface area contributed by atoms with Gasteiger partial charge in [0.05, 0.1) is 20.1 Å². The summed E-state index contributed by atoms with van der Waals surface area (Å²) in [5, 5.41) is 15.5. The van der Waals surface area contributed by atoms with Crippen molar-refractivity contribution >= 4 is 44.7 Å². The number of thioether (sulfide) groups is 1. The van der Waals surface area contributed by atoms with Gasteiger partial charge in [-0.2, -0.15) is 11.8 Å². The van der Waals surface area contributed by atoms with Crippen LogP contribution in [0, 0.1) is 23.0 Å². The van der Waals surface area contributed by atoms with E-state index in [1.165, 1.54) is 35.7 Å². The number of fused-ring (bicyclic) bond motifs is 1. The maximum absolute atomic E-state index is 11.3. The molecule has 1 aromatic heterocycles. The Morgan fingerprint density at radius 1 is 1.43 bits per heavy atom. The highest BCUT2D eigenvalue weighted by molar-refractivity contribution is 7.99. The van der Waals surface area contributed by atoms with Gasteiger partial charge in [0.1, 0.15) is 5.69 Å². The summed E-state index contributed by atoms with van der Waals surface area (Å²) >= 11 is 3.48. The van der Waals surface area contributed by atoms with E-state index < -0.39 is 0 Å². The number of hydrogen-bond acceptors (Lipinski definition) is 6. The molecule has 112 valence electrons. The van der Waals surface area contributed by atoms with E-state index in [4.69, 9.17) is 0 Å². The zero-order valence-electron chi connectivity index (χ0n) is 11.8. The van der Waals surface area contributed by atoms with Crippen LogP contribution in [-0.2, 0) is 0 Å². The third-order valence-electron chi connectivity index (χ3n) is 3.73. The van der Waals surface area contributed by atoms with Gasteiger partial charge in [-0.25, -0.2) is 4.98 Å². The van der Waals surface area contributed by atoms with Gasteiger partial charge in [0, 0.05) is 12.6 Å². The number of thiazole rings is 1. The van der Waals surface area contributed by atoms with Crippen LogP contribution in [0.4, 0.5) is 11.4 Å². The quantitative estimate of drug-likeness (QED) is 0.678. The van der Waals surface area contributed by atoms with E-state index in [0.717, 1.165) is 21.8 Å². The van der Waals surface area contributed by atoms with Gasteiger partial charge >= 0.3 is 0 Å². The summed E-state index contributed by atoms with van der Waals surface area (Å²) in [5.41, 5.74) is 1.58. The Hall–Kier alpha value is -1.34. The average molecular weight is 323 g/mol. The lowest BCUT2D eigenvalue weighted by atomic mass is 10.0. The van der Waals surface area contributed by atoms with Gasteiger partial charge in [-0.3, -0.25) is 10.1 Å². The fourth-order valence-corrected chi connectivity index (χ4v) is 4.62. The number of nitro benzene ring substituents is 1. The smallest absolute Gasteiger partial charge is 0.293 e. The van der Waals surface area contributed by atoms with E-state index >= 15 is 0 Å². The number of hydrogen-bond donors (Lipinski definition) is 1. The topological polar surface area (TPSA) is 68.1 Å². The highest BCUT2D eigenvalue weighted by atomic mass is 32.2. The Labute approximate surface area is 131 Å². The molecule has 1 fully saturated rings. The first-order valence-electron chi connectivity index (χ1n) is 7.00. The highest BCUT2D eigenvalue weighted by Gasteiger charge is 2.19. The van der Waals surface area contributed by atoms with Crippen LogP contribution < -0.4 is 5.32 Å². The summed E-state index contributed by atoms with van der Waals surface area (Å²) < 4.78 is 0.874. The van der Waals surface area contributed by atoms with Crippen LogP contribution in [0.5, 0.6) is 0 Å². The van der Waals surface area contributed by atoms with Crippen LogP contribution in [0.1, 0.15) is 17.8 Å². The van der Waals surface area contributed by atoms with E-state index in [0.29, 0.717) is 11.6 Å². The lowest BCUT2D eigenvalue weighted by molar-refractivity contribution is -0.383. The van der Waals surface area contributed by atoms with E-state index in [9.17, 15) is 10.1 Å². The van der Waals surface area contributed by atoms with Crippen LogP contribution in [-0.4, -0.2) is 28.0 Å². The Kier molecular flexibility index (Phi) is 4.30. The second kappa shape index (κ2) is 6.19. The fourth-order valence-electron chi connectivity index (χ4n) is 2.58. The van der Waals surface area contributed by atoms with Crippen molar-refractivity contribution in [1.29, 1.82) is 0 Å². The largest absolute Gasteiger partial charge is 0.379 e. The lowest BCUT2D eigenvalue weighted by Gasteiger charge is -2.21. The summed E-state index contributed by atoms with van der Waals surface area (Å²) in [5.74, 6) is 3.00. The first-order valence-corrected chi connectivity index (χ1v) is 8.98. The average Bonchev–Trinajstić information content (AvgIpc) is 2.84. The molecule has 0 aliphatic carbocycles. The highest BCUT2D eigenvalue weighted by Crippen LogP contribution is 2.33. The number of aromatic nitrogens is 1. The lowest BCUT2D eigenvalue weighted by Crippen LogP contribution is -2.19. The van der Waals surface area contributed by atoms with Crippen LogP contribution in [0.3, 0.4) is 0 Å². The molecule has 1 aromatic carbocycles. The Morgan fingerprint density at radius 2 is 2.19 bits per heavy atom. The maximum atomic E-state index is 11.3. The molecule has 0 atom stereocenters. The van der Waals surface area contributed by atoms with Crippen molar-refractivity contribution in [1.82, 2.24) is 4.98 Å². The van der Waals surface area contributed by atoms with Gasteiger partial charge in [-0.1, -0.05) is 0 Å². The molecule has 0 unspecified atom stereocenters. The summed E-state index contributed by atoms with van der Waals surface area (Å²) in [6.07, 6.45) is 2.37. The SMILES string of the molecule is Cc1nc2cc(NCC3CCSCC3)c([N+](=O)[O-])cc2s1. The zero-order valence-corrected chi connectivity index (χ0v) is 13.4. The zero-order chi connectivity index (χ0) is 14.8. The number of anilines is 1. The Bertz CT molecular complexity index is 666. The molecule has 2 aromatic rings. The van der Waals surface area contributed by atoms with Crippen molar-refractivity contribution in [2.45, 2.75) is 19.8 Å². The third kappa shape index (κ3) is 3.29. The van der Waals surface area contributed by atoms with E-state index in [2.05, 4.69) is 10.3 Å². The predicted octanol–water partition coefficient (Wildman–Crippen LogP) is 4.07. The van der Waals surface area contributed by atoms with Crippen LogP contribution >= 0.6 is 23.1 Å². The molecule has 1 aliphatic heterocycles. The molecule has 5 nitrogen and oxygen atoms in total. The third-order valence-corrected chi connectivity index (χ3v) is 5.71. The van der Waals surface area contributed by atoms with Crippen molar-refractivity contribution in [3.05, 3.63) is 27.3 Å². The Morgan fingerprint density at radius 3 is 2.90 bits per heavy atom. The number of nitrogens with one attached hydrogen (secondary N) is 1. The number of aryl methyl sites for hydroxylation is 1. The van der Waals surface area contributed by atoms with E-state index in [1.54, 1.807) is 6.07 Å². The molecule has 0 spiro atoms. The molecular formula is C14H17N3O2S2. The van der Waals surface area contributed by atoms with Gasteiger partial charge in [0.15, 0.2) is 0 Å². The Balaban J connectivity index is 1.84. The minimum atomic E-state index is -0.312. The number of benzene rings is 1. The molecule has 0 bridgehead atoms. The molecule has 0 saturated carbocycles. The van der Waals surface area contributed by atoms with Gasteiger partial charge in [-0.15, -0.1) is 11.3 Å². The molecule has 1 saturated heterocycles. The summed E-state index contributed by atoms with van der Waals surface area (Å²) in [6.45, 7) is 2.72. The summed E-state index contributed by atoms with van der Waals surface area (Å²) in [6, 6.07) is 3.45. The monoisotopic (exact) mass is 323 g/mol. The molecule has 3 rings (SSSR count). The molecule has 1 aliphatic rings. The molecule has 0 amide bonds. The van der Waals surface area contributed by atoms with E-state index in [-0.39, 0.29) is 10.6 Å². The minimum absolute atomic E-state index is 0.149. The molecule has 7 heteroatoms. The van der Waals surface area contributed by atoms with Crippen molar-refractivity contribution in [3.8, 4) is 0 Å². The molecule has 21 heavy (non-hydrogen) atoms. The summed E-state index contributed by atoms with van der Waals surface area (Å²) in [7, 11) is 0.